The van der Waals surface area contributed by atoms with Gasteiger partial charge in [0.25, 0.3) is 5.91 Å². The first-order chi connectivity index (χ1) is 8.58. The van der Waals surface area contributed by atoms with E-state index in [0.29, 0.717) is 24.1 Å². The van der Waals surface area contributed by atoms with Crippen LogP contribution in [0.4, 0.5) is 0 Å². The van der Waals surface area contributed by atoms with Gasteiger partial charge in [0.15, 0.2) is 0 Å². The average Bonchev–Trinajstić information content (AvgIpc) is 2.54. The Kier molecular flexibility index (Phi) is 2.11. The third-order valence-electron chi connectivity index (χ3n) is 3.95. The lowest BCUT2D eigenvalue weighted by Crippen LogP contribution is -2.58. The zero-order chi connectivity index (χ0) is 12.9. The molecule has 1 aromatic rings. The monoisotopic (exact) mass is 243 g/mol. The Morgan fingerprint density at radius 1 is 1.28 bits per heavy atom. The van der Waals surface area contributed by atoms with Crippen molar-refractivity contribution in [3.8, 4) is 0 Å². The van der Waals surface area contributed by atoms with Crippen LogP contribution >= 0.6 is 0 Å². The molecule has 2 aliphatic rings. The van der Waals surface area contributed by atoms with Crippen LogP contribution in [-0.4, -0.2) is 27.4 Å². The number of hydrogen-bond acceptors (Lipinski definition) is 2. The highest BCUT2D eigenvalue weighted by molar-refractivity contribution is 6.11. The molecule has 1 N–H and O–H groups in total. The van der Waals surface area contributed by atoms with Crippen LogP contribution in [0.2, 0.25) is 0 Å². The summed E-state index contributed by atoms with van der Waals surface area (Å²) in [6.45, 7) is 3.90. The van der Waals surface area contributed by atoms with E-state index in [2.05, 4.69) is 6.58 Å². The van der Waals surface area contributed by atoms with Crippen molar-refractivity contribution in [2.45, 2.75) is 24.8 Å². The van der Waals surface area contributed by atoms with Crippen LogP contribution in [0.1, 0.15) is 35.2 Å². The molecule has 1 aliphatic carbocycles. The maximum atomic E-state index is 12.4. The van der Waals surface area contributed by atoms with Crippen molar-refractivity contribution in [2.24, 2.45) is 0 Å². The van der Waals surface area contributed by atoms with Crippen LogP contribution in [0, 0.1) is 0 Å². The topological polar surface area (TPSA) is 57.6 Å². The van der Waals surface area contributed by atoms with E-state index in [1.165, 1.54) is 4.90 Å². The van der Waals surface area contributed by atoms with Gasteiger partial charge in [0.05, 0.1) is 0 Å². The molecular formula is C14H13NO3. The van der Waals surface area contributed by atoms with Crippen molar-refractivity contribution in [1.82, 2.24) is 4.90 Å². The number of carbonyl (C=O) groups is 2. The SMILES string of the molecule is C=C1c2ccccc2C(=O)N1C1(C(=O)O)CCC1. The summed E-state index contributed by atoms with van der Waals surface area (Å²) in [5, 5.41) is 9.42. The van der Waals surface area contributed by atoms with Crippen LogP contribution in [0.5, 0.6) is 0 Å². The molecule has 1 amide bonds. The van der Waals surface area contributed by atoms with Gasteiger partial charge in [0, 0.05) is 16.8 Å². The number of rotatable bonds is 2. The quantitative estimate of drug-likeness (QED) is 0.865. The van der Waals surface area contributed by atoms with Crippen molar-refractivity contribution >= 4 is 17.6 Å². The normalized spacial score (nSPS) is 20.6. The summed E-state index contributed by atoms with van der Waals surface area (Å²) in [4.78, 5) is 25.2. The Labute approximate surface area is 105 Å². The Morgan fingerprint density at radius 2 is 1.89 bits per heavy atom. The molecule has 0 radical (unpaired) electrons. The number of fused-ring (bicyclic) bond motifs is 1. The Morgan fingerprint density at radius 3 is 2.33 bits per heavy atom. The minimum Gasteiger partial charge on any atom is -0.479 e. The Bertz CT molecular complexity index is 537. The number of hydrogen-bond donors (Lipinski definition) is 1. The second kappa shape index (κ2) is 3.45. The van der Waals surface area contributed by atoms with Gasteiger partial charge in [0.1, 0.15) is 5.54 Å². The van der Waals surface area contributed by atoms with Crippen molar-refractivity contribution in [1.29, 1.82) is 0 Å². The van der Waals surface area contributed by atoms with Gasteiger partial charge in [-0.15, -0.1) is 0 Å². The van der Waals surface area contributed by atoms with E-state index in [9.17, 15) is 14.7 Å². The molecule has 1 heterocycles. The minimum atomic E-state index is -1.08. The molecule has 1 aromatic carbocycles. The summed E-state index contributed by atoms with van der Waals surface area (Å²) >= 11 is 0. The number of nitrogens with zero attached hydrogens (tertiary/aromatic N) is 1. The average molecular weight is 243 g/mol. The van der Waals surface area contributed by atoms with E-state index >= 15 is 0 Å². The molecule has 0 atom stereocenters. The first-order valence-corrected chi connectivity index (χ1v) is 5.94. The van der Waals surface area contributed by atoms with Gasteiger partial charge in [-0.1, -0.05) is 24.8 Å². The zero-order valence-electron chi connectivity index (χ0n) is 9.85. The predicted octanol–water partition coefficient (Wildman–Crippen LogP) is 2.12. The predicted molar refractivity (Wildman–Crippen MR) is 65.9 cm³/mol. The van der Waals surface area contributed by atoms with Crippen LogP contribution in [-0.2, 0) is 4.79 Å². The summed E-state index contributed by atoms with van der Waals surface area (Å²) in [7, 11) is 0. The molecule has 4 nitrogen and oxygen atoms in total. The lowest BCUT2D eigenvalue weighted by molar-refractivity contribution is -0.153. The highest BCUT2D eigenvalue weighted by atomic mass is 16.4. The largest absolute Gasteiger partial charge is 0.479 e. The highest BCUT2D eigenvalue weighted by Crippen LogP contribution is 2.46. The fourth-order valence-corrected chi connectivity index (χ4v) is 2.78. The molecule has 1 saturated carbocycles. The molecule has 3 rings (SSSR count). The van der Waals surface area contributed by atoms with Gasteiger partial charge in [-0.3, -0.25) is 9.69 Å². The highest BCUT2D eigenvalue weighted by Gasteiger charge is 2.55. The molecule has 0 aromatic heterocycles. The van der Waals surface area contributed by atoms with Gasteiger partial charge in [-0.25, -0.2) is 4.79 Å². The van der Waals surface area contributed by atoms with E-state index in [1.807, 2.05) is 12.1 Å². The molecule has 92 valence electrons. The molecule has 18 heavy (non-hydrogen) atoms. The summed E-state index contributed by atoms with van der Waals surface area (Å²) < 4.78 is 0. The van der Waals surface area contributed by atoms with E-state index in [0.717, 1.165) is 12.0 Å². The molecular weight excluding hydrogens is 230 g/mol. The number of carbonyl (C=O) groups excluding carboxylic acids is 1. The molecule has 4 heteroatoms. The standard InChI is InChI=1S/C14H13NO3/c1-9-10-5-2-3-6-11(10)12(16)15(9)14(13(17)18)7-4-8-14/h2-3,5-6H,1,4,7-8H2,(H,17,18). The summed E-state index contributed by atoms with van der Waals surface area (Å²) in [5.41, 5.74) is 0.732. The maximum Gasteiger partial charge on any atom is 0.330 e. The number of amides is 1. The van der Waals surface area contributed by atoms with Gasteiger partial charge < -0.3 is 5.11 Å². The second-order valence-corrected chi connectivity index (χ2v) is 4.82. The van der Waals surface area contributed by atoms with Crippen molar-refractivity contribution in [2.75, 3.05) is 0 Å². The van der Waals surface area contributed by atoms with Crippen molar-refractivity contribution in [3.63, 3.8) is 0 Å². The van der Waals surface area contributed by atoms with Crippen LogP contribution < -0.4 is 0 Å². The fraction of sp³-hybridized carbons (Fsp3) is 0.286. The van der Waals surface area contributed by atoms with E-state index in [4.69, 9.17) is 0 Å². The Balaban J connectivity index is 2.10. The number of carboxylic acid groups (broad SMARTS) is 1. The van der Waals surface area contributed by atoms with Gasteiger partial charge in [0.2, 0.25) is 0 Å². The molecule has 1 fully saturated rings. The van der Waals surface area contributed by atoms with E-state index < -0.39 is 11.5 Å². The third kappa shape index (κ3) is 1.15. The molecule has 0 bridgehead atoms. The van der Waals surface area contributed by atoms with E-state index in [-0.39, 0.29) is 5.91 Å². The van der Waals surface area contributed by atoms with Crippen LogP contribution in [0.15, 0.2) is 30.8 Å². The number of benzene rings is 1. The van der Waals surface area contributed by atoms with Crippen LogP contribution in [0.25, 0.3) is 5.70 Å². The smallest absolute Gasteiger partial charge is 0.330 e. The minimum absolute atomic E-state index is 0.238. The number of carboxylic acids is 1. The number of aliphatic carboxylic acids is 1. The van der Waals surface area contributed by atoms with Crippen LogP contribution in [0.3, 0.4) is 0 Å². The van der Waals surface area contributed by atoms with Crippen molar-refractivity contribution < 1.29 is 14.7 Å². The zero-order valence-corrected chi connectivity index (χ0v) is 9.85. The summed E-state index contributed by atoms with van der Waals surface area (Å²) in [6.07, 6.45) is 1.84. The fourth-order valence-electron chi connectivity index (χ4n) is 2.78. The van der Waals surface area contributed by atoms with Gasteiger partial charge in [-0.05, 0) is 25.3 Å². The first-order valence-electron chi connectivity index (χ1n) is 5.94. The lowest BCUT2D eigenvalue weighted by atomic mass is 9.75. The Hall–Kier alpha value is -2.10. The third-order valence-corrected chi connectivity index (χ3v) is 3.95. The summed E-state index contributed by atoms with van der Waals surface area (Å²) in [6, 6.07) is 7.14. The lowest BCUT2D eigenvalue weighted by Gasteiger charge is -2.45. The van der Waals surface area contributed by atoms with E-state index in [1.54, 1.807) is 12.1 Å². The van der Waals surface area contributed by atoms with Gasteiger partial charge >= 0.3 is 5.97 Å². The maximum absolute atomic E-state index is 12.4. The summed E-state index contributed by atoms with van der Waals surface area (Å²) in [5.74, 6) is -1.17. The van der Waals surface area contributed by atoms with Gasteiger partial charge in [-0.2, -0.15) is 0 Å². The second-order valence-electron chi connectivity index (χ2n) is 4.82. The molecule has 1 aliphatic heterocycles. The molecule has 0 unspecified atom stereocenters. The first kappa shape index (κ1) is 11.0. The molecule has 0 saturated heterocycles. The van der Waals surface area contributed by atoms with Crippen molar-refractivity contribution in [3.05, 3.63) is 42.0 Å². The molecule has 0 spiro atoms.